The van der Waals surface area contributed by atoms with Gasteiger partial charge in [0.2, 0.25) is 0 Å². The molecule has 0 unspecified atom stereocenters. The lowest BCUT2D eigenvalue weighted by Crippen LogP contribution is -2.22. The van der Waals surface area contributed by atoms with Crippen molar-refractivity contribution in [1.29, 1.82) is 0 Å². The fourth-order valence-electron chi connectivity index (χ4n) is 4.88. The summed E-state index contributed by atoms with van der Waals surface area (Å²) in [5.74, 6) is -0.732. The molecular formula is C36H31N3O5. The zero-order valence-electron chi connectivity index (χ0n) is 24.2. The Labute approximate surface area is 253 Å². The molecule has 8 heteroatoms. The number of Topliss-reactive ketones (excluding diaryl/α,β-unsaturated/α-hetero) is 1. The van der Waals surface area contributed by atoms with Gasteiger partial charge in [0.25, 0.3) is 11.1 Å². The maximum absolute atomic E-state index is 12.1. The average Bonchev–Trinajstić information content (AvgIpc) is 3.06. The summed E-state index contributed by atoms with van der Waals surface area (Å²) in [5.41, 5.74) is 7.59. The van der Waals surface area contributed by atoms with Crippen LogP contribution in [0.1, 0.15) is 31.8 Å². The van der Waals surface area contributed by atoms with Gasteiger partial charge in [0, 0.05) is 30.1 Å². The molecule has 0 saturated heterocycles. The molecule has 0 fully saturated rings. The third-order valence-corrected chi connectivity index (χ3v) is 7.25. The van der Waals surface area contributed by atoms with Gasteiger partial charge < -0.3 is 19.6 Å². The van der Waals surface area contributed by atoms with E-state index < -0.39 is 5.97 Å². The maximum Gasteiger partial charge on any atom is 0.338 e. The van der Waals surface area contributed by atoms with Crippen molar-refractivity contribution in [2.45, 2.75) is 13.1 Å². The van der Waals surface area contributed by atoms with Crippen molar-refractivity contribution in [1.82, 2.24) is 9.13 Å². The number of hydrogen-bond acceptors (Lipinski definition) is 6. The smallest absolute Gasteiger partial charge is 0.338 e. The molecule has 0 aliphatic carbocycles. The van der Waals surface area contributed by atoms with Crippen molar-refractivity contribution >= 4 is 33.3 Å². The second kappa shape index (κ2) is 13.6. The molecule has 4 aromatic carbocycles. The Hall–Kier alpha value is -5.60. The Kier molecular flexibility index (Phi) is 9.22. The van der Waals surface area contributed by atoms with Gasteiger partial charge in [-0.05, 0) is 56.9 Å². The standard InChI is InChI=1S/C18H16N2O2.C18H15NO3/c19-11-17(21)16-7-8-20(18(22)10-16)12-13-5-6-14-3-1-2-4-15(14)9-13;1-22-18(21)16-8-9-19(17(20)11-16)12-13-6-7-14-4-2-3-5-15(14)10-13/h1-10H,11-12,19H2;2-11H,12H2,1H3. The largest absolute Gasteiger partial charge is 0.465 e. The van der Waals surface area contributed by atoms with Gasteiger partial charge in [-0.1, -0.05) is 72.8 Å². The molecule has 2 heterocycles. The van der Waals surface area contributed by atoms with Crippen molar-refractivity contribution < 1.29 is 14.3 Å². The number of ketones is 1. The normalized spacial score (nSPS) is 10.7. The number of carbonyl (C=O) groups excluding carboxylic acids is 2. The van der Waals surface area contributed by atoms with Crippen LogP contribution in [-0.4, -0.2) is 34.5 Å². The molecule has 220 valence electrons. The molecule has 44 heavy (non-hydrogen) atoms. The molecule has 2 N–H and O–H groups in total. The third kappa shape index (κ3) is 7.06. The van der Waals surface area contributed by atoms with Crippen molar-refractivity contribution in [3.63, 3.8) is 0 Å². The van der Waals surface area contributed by atoms with Crippen LogP contribution in [0.3, 0.4) is 0 Å². The predicted octanol–water partition coefficient (Wildman–Crippen LogP) is 5.03. The lowest BCUT2D eigenvalue weighted by Gasteiger charge is -2.08. The number of carbonyl (C=O) groups is 2. The molecule has 0 aliphatic heterocycles. The van der Waals surface area contributed by atoms with Gasteiger partial charge in [-0.2, -0.15) is 0 Å². The summed E-state index contributed by atoms with van der Waals surface area (Å²) in [6, 6.07) is 34.3. The van der Waals surface area contributed by atoms with Gasteiger partial charge in [0.1, 0.15) is 0 Å². The molecule has 0 radical (unpaired) electrons. The van der Waals surface area contributed by atoms with Crippen LogP contribution in [-0.2, 0) is 17.8 Å². The Morgan fingerprint density at radius 1 is 0.614 bits per heavy atom. The molecule has 8 nitrogen and oxygen atoms in total. The summed E-state index contributed by atoms with van der Waals surface area (Å²) in [4.78, 5) is 47.1. The zero-order chi connectivity index (χ0) is 31.1. The number of fused-ring (bicyclic) bond motifs is 2. The van der Waals surface area contributed by atoms with E-state index in [0.717, 1.165) is 21.9 Å². The number of methoxy groups -OCH3 is 1. The van der Waals surface area contributed by atoms with Gasteiger partial charge in [-0.25, -0.2) is 4.79 Å². The van der Waals surface area contributed by atoms with Crippen LogP contribution in [0, 0.1) is 0 Å². The van der Waals surface area contributed by atoms with Gasteiger partial charge >= 0.3 is 5.97 Å². The number of hydrogen-bond donors (Lipinski definition) is 1. The predicted molar refractivity (Wildman–Crippen MR) is 172 cm³/mol. The van der Waals surface area contributed by atoms with Crippen LogP contribution in [0.5, 0.6) is 0 Å². The van der Waals surface area contributed by atoms with E-state index in [9.17, 15) is 19.2 Å². The van der Waals surface area contributed by atoms with E-state index in [1.807, 2.05) is 60.7 Å². The molecular weight excluding hydrogens is 554 g/mol. The van der Waals surface area contributed by atoms with Gasteiger partial charge in [-0.15, -0.1) is 0 Å². The van der Waals surface area contributed by atoms with Crippen LogP contribution < -0.4 is 16.9 Å². The van der Waals surface area contributed by atoms with E-state index >= 15 is 0 Å². The van der Waals surface area contributed by atoms with Crippen LogP contribution in [0.4, 0.5) is 0 Å². The lowest BCUT2D eigenvalue weighted by molar-refractivity contribution is 0.0600. The van der Waals surface area contributed by atoms with Crippen molar-refractivity contribution in [3.8, 4) is 0 Å². The number of rotatable bonds is 7. The van der Waals surface area contributed by atoms with E-state index in [1.54, 1.807) is 33.7 Å². The monoisotopic (exact) mass is 585 g/mol. The first-order valence-electron chi connectivity index (χ1n) is 14.0. The van der Waals surface area contributed by atoms with Gasteiger partial charge in [-0.3, -0.25) is 14.4 Å². The van der Waals surface area contributed by atoms with E-state index in [-0.39, 0.29) is 29.0 Å². The highest BCUT2D eigenvalue weighted by molar-refractivity contribution is 5.97. The molecule has 6 rings (SSSR count). The topological polar surface area (TPSA) is 113 Å². The maximum atomic E-state index is 12.1. The minimum absolute atomic E-state index is 0.0892. The molecule has 0 bridgehead atoms. The number of benzene rings is 4. The van der Waals surface area contributed by atoms with Gasteiger partial charge in [0.05, 0.1) is 32.3 Å². The molecule has 0 spiro atoms. The summed E-state index contributed by atoms with van der Waals surface area (Å²) < 4.78 is 7.76. The SMILES string of the molecule is COC(=O)c1ccn(Cc2ccc3ccccc3c2)c(=O)c1.NCC(=O)c1ccn(Cc2ccc3ccccc3c2)c(=O)c1. The first-order chi connectivity index (χ1) is 21.3. The third-order valence-electron chi connectivity index (χ3n) is 7.25. The fourth-order valence-corrected chi connectivity index (χ4v) is 4.88. The summed E-state index contributed by atoms with van der Waals surface area (Å²) in [7, 11) is 1.29. The lowest BCUT2D eigenvalue weighted by atomic mass is 10.1. The summed E-state index contributed by atoms with van der Waals surface area (Å²) >= 11 is 0. The molecule has 6 aromatic rings. The first kappa shape index (κ1) is 29.9. The minimum atomic E-state index is -0.505. The van der Waals surface area contributed by atoms with Gasteiger partial charge in [0.15, 0.2) is 5.78 Å². The number of ether oxygens (including phenoxy) is 1. The van der Waals surface area contributed by atoms with Crippen molar-refractivity contribution in [3.05, 3.63) is 165 Å². The Bertz CT molecular complexity index is 1940. The molecule has 0 atom stereocenters. The molecule has 0 aliphatic rings. The molecule has 0 saturated carbocycles. The summed E-state index contributed by atoms with van der Waals surface area (Å²) in [6.45, 7) is 0.847. The highest BCUT2D eigenvalue weighted by Gasteiger charge is 2.08. The minimum Gasteiger partial charge on any atom is -0.465 e. The number of aromatic nitrogens is 2. The fraction of sp³-hybridized carbons (Fsp3) is 0.111. The zero-order valence-corrected chi connectivity index (χ0v) is 24.2. The number of nitrogens with zero attached hydrogens (tertiary/aromatic N) is 2. The Morgan fingerprint density at radius 3 is 1.52 bits per heavy atom. The quantitative estimate of drug-likeness (QED) is 0.208. The second-order valence-electron chi connectivity index (χ2n) is 10.2. The molecule has 0 amide bonds. The van der Waals surface area contributed by atoms with Crippen LogP contribution in [0.2, 0.25) is 0 Å². The molecule has 2 aromatic heterocycles. The van der Waals surface area contributed by atoms with Crippen molar-refractivity contribution in [2.75, 3.05) is 13.7 Å². The average molecular weight is 586 g/mol. The Morgan fingerprint density at radius 2 is 1.07 bits per heavy atom. The highest BCUT2D eigenvalue weighted by Crippen LogP contribution is 2.17. The summed E-state index contributed by atoms with van der Waals surface area (Å²) in [5, 5.41) is 4.62. The van der Waals surface area contributed by atoms with Crippen molar-refractivity contribution in [2.24, 2.45) is 5.73 Å². The van der Waals surface area contributed by atoms with E-state index in [0.29, 0.717) is 18.7 Å². The van der Waals surface area contributed by atoms with Crippen LogP contribution in [0.25, 0.3) is 21.5 Å². The van der Waals surface area contributed by atoms with Crippen LogP contribution >= 0.6 is 0 Å². The second-order valence-corrected chi connectivity index (χ2v) is 10.2. The summed E-state index contributed by atoms with van der Waals surface area (Å²) in [6.07, 6.45) is 3.25. The number of nitrogens with two attached hydrogens (primary N) is 1. The number of pyridine rings is 2. The van der Waals surface area contributed by atoms with E-state index in [1.165, 1.54) is 30.0 Å². The van der Waals surface area contributed by atoms with E-state index in [2.05, 4.69) is 29.0 Å². The van der Waals surface area contributed by atoms with E-state index in [4.69, 9.17) is 5.73 Å². The number of esters is 1. The highest BCUT2D eigenvalue weighted by atomic mass is 16.5. The van der Waals surface area contributed by atoms with Crippen LogP contribution in [0.15, 0.2) is 131 Å². The first-order valence-corrected chi connectivity index (χ1v) is 14.0. The Balaban J connectivity index is 0.000000175.